The molecule has 152 valence electrons. The van der Waals surface area contributed by atoms with Crippen LogP contribution in [0.15, 0.2) is 34.7 Å². The number of ether oxygens (including phenoxy) is 1. The second kappa shape index (κ2) is 8.99. The molecule has 8 nitrogen and oxygen atoms in total. The average molecular weight is 425 g/mol. The Kier molecular flexibility index (Phi) is 6.65. The van der Waals surface area contributed by atoms with E-state index in [9.17, 15) is 13.2 Å². The summed E-state index contributed by atoms with van der Waals surface area (Å²) >= 11 is 1.31. The number of hydrogen-bond acceptors (Lipinski definition) is 7. The number of thiazole rings is 1. The number of rotatable bonds is 7. The Morgan fingerprint density at radius 3 is 2.61 bits per heavy atom. The van der Waals surface area contributed by atoms with Crippen LogP contribution >= 0.6 is 11.3 Å². The summed E-state index contributed by atoms with van der Waals surface area (Å²) in [7, 11) is -3.67. The molecule has 1 aromatic carbocycles. The van der Waals surface area contributed by atoms with Gasteiger partial charge in [-0.2, -0.15) is 4.31 Å². The fourth-order valence-corrected chi connectivity index (χ4v) is 5.11. The van der Waals surface area contributed by atoms with E-state index >= 15 is 0 Å². The first kappa shape index (κ1) is 20.7. The van der Waals surface area contributed by atoms with Crippen molar-refractivity contribution in [1.82, 2.24) is 9.29 Å². The molecule has 0 spiro atoms. The Hall–Kier alpha value is -2.01. The molecule has 1 N–H and O–H groups in total. The van der Waals surface area contributed by atoms with Gasteiger partial charge in [0.05, 0.1) is 23.7 Å². The zero-order valence-electron chi connectivity index (χ0n) is 15.9. The van der Waals surface area contributed by atoms with Gasteiger partial charge >= 0.3 is 0 Å². The van der Waals surface area contributed by atoms with Gasteiger partial charge in [0.1, 0.15) is 0 Å². The third-order valence-corrected chi connectivity index (χ3v) is 7.29. The lowest BCUT2D eigenvalue weighted by Crippen LogP contribution is -2.37. The highest BCUT2D eigenvalue weighted by atomic mass is 32.2. The van der Waals surface area contributed by atoms with Crippen molar-refractivity contribution >= 4 is 38.1 Å². The molecule has 1 saturated heterocycles. The molecule has 10 heteroatoms. The summed E-state index contributed by atoms with van der Waals surface area (Å²) in [6.07, 6.45) is 1.60. The molecular weight excluding hydrogens is 400 g/mol. The highest BCUT2D eigenvalue weighted by molar-refractivity contribution is 7.89. The highest BCUT2D eigenvalue weighted by Crippen LogP contribution is 2.28. The van der Waals surface area contributed by atoms with Crippen molar-refractivity contribution < 1.29 is 17.9 Å². The Bertz CT molecular complexity index is 906. The molecule has 0 atom stereocenters. The summed E-state index contributed by atoms with van der Waals surface area (Å²) in [6.45, 7) is 6.72. The molecule has 0 unspecified atom stereocenters. The molecule has 1 fully saturated rings. The summed E-state index contributed by atoms with van der Waals surface area (Å²) in [5.41, 5.74) is 1.00. The molecular formula is C18H24N4O4S2. The van der Waals surface area contributed by atoms with E-state index < -0.39 is 10.0 Å². The maximum atomic E-state index is 13.0. The second-order valence-corrected chi connectivity index (χ2v) is 8.99. The maximum Gasteiger partial charge on any atom is 0.259 e. The van der Waals surface area contributed by atoms with E-state index in [-0.39, 0.29) is 10.8 Å². The highest BCUT2D eigenvalue weighted by Gasteiger charge is 2.26. The molecule has 0 bridgehead atoms. The number of sulfonamides is 1. The summed E-state index contributed by atoms with van der Waals surface area (Å²) < 4.78 is 32.6. The van der Waals surface area contributed by atoms with Crippen LogP contribution in [0, 0.1) is 0 Å². The van der Waals surface area contributed by atoms with Crippen LogP contribution in [0.2, 0.25) is 0 Å². The second-order valence-electron chi connectivity index (χ2n) is 6.16. The van der Waals surface area contributed by atoms with E-state index in [2.05, 4.69) is 10.3 Å². The van der Waals surface area contributed by atoms with Gasteiger partial charge in [-0.25, -0.2) is 13.4 Å². The first-order valence-corrected chi connectivity index (χ1v) is 11.5. The van der Waals surface area contributed by atoms with Crippen LogP contribution in [-0.2, 0) is 14.8 Å². The minimum atomic E-state index is -3.67. The molecule has 0 aliphatic carbocycles. The van der Waals surface area contributed by atoms with Crippen molar-refractivity contribution in [3.63, 3.8) is 0 Å². The van der Waals surface area contributed by atoms with Crippen LogP contribution in [0.3, 0.4) is 0 Å². The lowest BCUT2D eigenvalue weighted by atomic mass is 10.1. The SMILES string of the molecule is CCN(CC)S(=O)(=O)c1ccc(N2CCOCC2)c(C(=O)Nc2nccs2)c1. The average Bonchev–Trinajstić information content (AvgIpc) is 3.22. The smallest absolute Gasteiger partial charge is 0.259 e. The van der Waals surface area contributed by atoms with E-state index in [0.717, 1.165) is 0 Å². The standard InChI is InChI=1S/C18H24N4O4S2/c1-3-22(4-2)28(24,25)14-5-6-16(21-8-10-26-11-9-21)15(13-14)17(23)20-18-19-7-12-27-18/h5-7,12-13H,3-4,8-11H2,1-2H3,(H,19,20,23). The predicted octanol–water partition coefficient (Wildman–Crippen LogP) is 2.26. The van der Waals surface area contributed by atoms with Gasteiger partial charge < -0.3 is 9.64 Å². The van der Waals surface area contributed by atoms with Crippen LogP contribution < -0.4 is 10.2 Å². The van der Waals surface area contributed by atoms with Crippen LogP contribution in [0.4, 0.5) is 10.8 Å². The quantitative estimate of drug-likeness (QED) is 0.733. The number of carbonyl (C=O) groups excluding carboxylic acids is 1. The zero-order chi connectivity index (χ0) is 20.1. The van der Waals surface area contributed by atoms with E-state index in [1.54, 1.807) is 37.6 Å². The van der Waals surface area contributed by atoms with Crippen LogP contribution in [0.25, 0.3) is 0 Å². The van der Waals surface area contributed by atoms with Crippen molar-refractivity contribution in [3.05, 3.63) is 35.3 Å². The number of benzene rings is 1. The number of nitrogens with one attached hydrogen (secondary N) is 1. The van der Waals surface area contributed by atoms with Gasteiger partial charge in [0, 0.05) is 43.4 Å². The largest absolute Gasteiger partial charge is 0.378 e. The van der Waals surface area contributed by atoms with Crippen LogP contribution in [0.1, 0.15) is 24.2 Å². The first-order chi connectivity index (χ1) is 13.5. The minimum Gasteiger partial charge on any atom is -0.378 e. The topological polar surface area (TPSA) is 91.8 Å². The van der Waals surface area contributed by atoms with E-state index in [0.29, 0.717) is 55.8 Å². The van der Waals surface area contributed by atoms with Gasteiger partial charge in [-0.1, -0.05) is 13.8 Å². The summed E-state index contributed by atoms with van der Waals surface area (Å²) in [6, 6.07) is 4.73. The molecule has 28 heavy (non-hydrogen) atoms. The number of morpholine rings is 1. The Morgan fingerprint density at radius 2 is 2.00 bits per heavy atom. The monoisotopic (exact) mass is 424 g/mol. The summed E-state index contributed by atoms with van der Waals surface area (Å²) in [4.78, 5) is 19.2. The van der Waals surface area contributed by atoms with Crippen molar-refractivity contribution in [3.8, 4) is 0 Å². The molecule has 2 aromatic rings. The van der Waals surface area contributed by atoms with Gasteiger partial charge in [-0.15, -0.1) is 11.3 Å². The normalized spacial score (nSPS) is 15.0. The third kappa shape index (κ3) is 4.35. The molecule has 1 aromatic heterocycles. The molecule has 2 heterocycles. The molecule has 1 amide bonds. The van der Waals surface area contributed by atoms with Gasteiger partial charge in [0.15, 0.2) is 5.13 Å². The number of aromatic nitrogens is 1. The first-order valence-electron chi connectivity index (χ1n) is 9.15. The van der Waals surface area contributed by atoms with Crippen molar-refractivity contribution in [1.29, 1.82) is 0 Å². The van der Waals surface area contributed by atoms with E-state index in [1.807, 2.05) is 4.90 Å². The van der Waals surface area contributed by atoms with Crippen LogP contribution in [0.5, 0.6) is 0 Å². The van der Waals surface area contributed by atoms with E-state index in [4.69, 9.17) is 4.74 Å². The number of nitrogens with zero attached hydrogens (tertiary/aromatic N) is 3. The maximum absolute atomic E-state index is 13.0. The van der Waals surface area contributed by atoms with Crippen molar-refractivity contribution in [2.75, 3.05) is 49.6 Å². The summed E-state index contributed by atoms with van der Waals surface area (Å²) in [5, 5.41) is 4.99. The minimum absolute atomic E-state index is 0.109. The fourth-order valence-electron chi connectivity index (χ4n) is 3.10. The predicted molar refractivity (Wildman–Crippen MR) is 110 cm³/mol. The van der Waals surface area contributed by atoms with Gasteiger partial charge in [-0.3, -0.25) is 10.1 Å². The van der Waals surface area contributed by atoms with E-state index in [1.165, 1.54) is 21.7 Å². The zero-order valence-corrected chi connectivity index (χ0v) is 17.6. The lowest BCUT2D eigenvalue weighted by molar-refractivity contribution is 0.102. The number of carbonyl (C=O) groups is 1. The molecule has 1 aliphatic rings. The van der Waals surface area contributed by atoms with Crippen LogP contribution in [-0.4, -0.2) is 63.0 Å². The Morgan fingerprint density at radius 1 is 1.29 bits per heavy atom. The van der Waals surface area contributed by atoms with Gasteiger partial charge in [0.25, 0.3) is 5.91 Å². The third-order valence-electron chi connectivity index (χ3n) is 4.56. The molecule has 3 rings (SSSR count). The van der Waals surface area contributed by atoms with Gasteiger partial charge in [0.2, 0.25) is 10.0 Å². The number of hydrogen-bond donors (Lipinski definition) is 1. The Balaban J connectivity index is 2.02. The lowest BCUT2D eigenvalue weighted by Gasteiger charge is -2.30. The molecule has 1 aliphatic heterocycles. The number of anilines is 2. The summed E-state index contributed by atoms with van der Waals surface area (Å²) in [5.74, 6) is -0.381. The van der Waals surface area contributed by atoms with Crippen molar-refractivity contribution in [2.24, 2.45) is 0 Å². The van der Waals surface area contributed by atoms with Crippen molar-refractivity contribution in [2.45, 2.75) is 18.7 Å². The fraction of sp³-hybridized carbons (Fsp3) is 0.444. The molecule has 0 saturated carbocycles. The number of amides is 1. The Labute approximate surface area is 169 Å². The van der Waals surface area contributed by atoms with Gasteiger partial charge in [-0.05, 0) is 18.2 Å². The molecule has 0 radical (unpaired) electrons.